The molecule has 0 atom stereocenters. The molecule has 0 saturated heterocycles. The first-order valence-electron chi connectivity index (χ1n) is 8.11. The summed E-state index contributed by atoms with van der Waals surface area (Å²) in [5.41, 5.74) is 4.72. The van der Waals surface area contributed by atoms with Crippen LogP contribution in [0.2, 0.25) is 5.02 Å². The second kappa shape index (κ2) is 7.58. The summed E-state index contributed by atoms with van der Waals surface area (Å²) < 4.78 is 13.7. The number of hydrogen-bond donors (Lipinski definition) is 2. The van der Waals surface area contributed by atoms with Gasteiger partial charge in [-0.15, -0.1) is 0 Å². The van der Waals surface area contributed by atoms with Crippen molar-refractivity contribution in [1.29, 1.82) is 0 Å². The Morgan fingerprint density at radius 3 is 2.46 bits per heavy atom. The second-order valence-electron chi connectivity index (χ2n) is 6.00. The quantitative estimate of drug-likeness (QED) is 0.333. The Hall–Kier alpha value is -2.85. The van der Waals surface area contributed by atoms with E-state index < -0.39 is 0 Å². The van der Waals surface area contributed by atoms with E-state index in [1.807, 2.05) is 37.3 Å². The van der Waals surface area contributed by atoms with Gasteiger partial charge in [-0.3, -0.25) is 0 Å². The van der Waals surface area contributed by atoms with Gasteiger partial charge < -0.3 is 10.5 Å². The predicted octanol–water partition coefficient (Wildman–Crippen LogP) is 6.07. The summed E-state index contributed by atoms with van der Waals surface area (Å²) >= 11 is 6.44. The van der Waals surface area contributed by atoms with Crippen molar-refractivity contribution in [2.75, 3.05) is 5.32 Å². The van der Waals surface area contributed by atoms with Crippen molar-refractivity contribution in [3.05, 3.63) is 93.8 Å². The molecule has 0 spiro atoms. The van der Waals surface area contributed by atoms with Gasteiger partial charge in [0.25, 0.3) is 0 Å². The van der Waals surface area contributed by atoms with E-state index in [2.05, 4.69) is 10.5 Å². The number of oxime groups is 1. The van der Waals surface area contributed by atoms with Crippen molar-refractivity contribution in [3.63, 3.8) is 0 Å². The first-order chi connectivity index (χ1) is 12.5. The maximum atomic E-state index is 13.7. The number of anilines is 2. The van der Waals surface area contributed by atoms with Crippen LogP contribution in [-0.2, 0) is 0 Å². The third-order valence-corrected chi connectivity index (χ3v) is 4.58. The van der Waals surface area contributed by atoms with Crippen LogP contribution in [0.1, 0.15) is 22.3 Å². The largest absolute Gasteiger partial charge is 0.410 e. The Morgan fingerprint density at radius 2 is 1.77 bits per heavy atom. The summed E-state index contributed by atoms with van der Waals surface area (Å²) in [6, 6.07) is 17.8. The first-order valence-corrected chi connectivity index (χ1v) is 8.49. The van der Waals surface area contributed by atoms with E-state index in [-0.39, 0.29) is 5.82 Å². The highest BCUT2D eigenvalue weighted by Crippen LogP contribution is 2.28. The van der Waals surface area contributed by atoms with Crippen LogP contribution < -0.4 is 5.32 Å². The maximum absolute atomic E-state index is 13.7. The number of rotatable bonds is 4. The molecule has 3 nitrogen and oxygen atoms in total. The Labute approximate surface area is 156 Å². The number of nitrogens with zero attached hydrogens (tertiary/aromatic N) is 1. The third kappa shape index (κ3) is 3.55. The molecule has 0 fully saturated rings. The SMILES string of the molecule is Cc1ccccc1C(=NO)c1ccc(Nc2cccc(F)c2C)cc1Cl. The summed E-state index contributed by atoms with van der Waals surface area (Å²) in [7, 11) is 0. The van der Waals surface area contributed by atoms with Crippen LogP contribution in [0.5, 0.6) is 0 Å². The third-order valence-electron chi connectivity index (χ3n) is 4.27. The van der Waals surface area contributed by atoms with Gasteiger partial charge in [-0.25, -0.2) is 4.39 Å². The van der Waals surface area contributed by atoms with Gasteiger partial charge in [0.1, 0.15) is 11.5 Å². The average molecular weight is 369 g/mol. The molecule has 132 valence electrons. The molecule has 0 amide bonds. The van der Waals surface area contributed by atoms with E-state index in [0.717, 1.165) is 16.8 Å². The number of halogens is 2. The zero-order valence-corrected chi connectivity index (χ0v) is 15.2. The number of aryl methyl sites for hydroxylation is 1. The predicted molar refractivity (Wildman–Crippen MR) is 104 cm³/mol. The normalized spacial score (nSPS) is 11.5. The van der Waals surface area contributed by atoms with Crippen LogP contribution in [0, 0.1) is 19.7 Å². The Balaban J connectivity index is 1.95. The van der Waals surface area contributed by atoms with Crippen molar-refractivity contribution >= 4 is 28.7 Å². The highest BCUT2D eigenvalue weighted by molar-refractivity contribution is 6.35. The van der Waals surface area contributed by atoms with Gasteiger partial charge in [0, 0.05) is 28.1 Å². The molecule has 5 heteroatoms. The standard InChI is InChI=1S/C21H18ClFN2O/c1-13-6-3-4-7-16(13)21(25-26)17-11-10-15(12-18(17)22)24-20-9-5-8-19(23)14(20)2/h3-12,24,26H,1-2H3. The smallest absolute Gasteiger partial charge is 0.128 e. The zero-order valence-electron chi connectivity index (χ0n) is 14.4. The Kier molecular flexibility index (Phi) is 5.24. The highest BCUT2D eigenvalue weighted by Gasteiger charge is 2.14. The van der Waals surface area contributed by atoms with Gasteiger partial charge in [-0.05, 0) is 49.7 Å². The fourth-order valence-electron chi connectivity index (χ4n) is 2.77. The van der Waals surface area contributed by atoms with E-state index in [0.29, 0.717) is 27.5 Å². The molecule has 2 N–H and O–H groups in total. The Bertz CT molecular complexity index is 985. The minimum atomic E-state index is -0.271. The fourth-order valence-corrected chi connectivity index (χ4v) is 3.04. The molecular weight excluding hydrogens is 351 g/mol. The monoisotopic (exact) mass is 368 g/mol. The van der Waals surface area contributed by atoms with Crippen LogP contribution in [0.4, 0.5) is 15.8 Å². The van der Waals surface area contributed by atoms with Gasteiger partial charge in [0.05, 0.1) is 5.02 Å². The number of hydrogen-bond acceptors (Lipinski definition) is 3. The zero-order chi connectivity index (χ0) is 18.7. The molecule has 0 saturated carbocycles. The van der Waals surface area contributed by atoms with Gasteiger partial charge in [-0.2, -0.15) is 0 Å². The van der Waals surface area contributed by atoms with E-state index in [1.54, 1.807) is 31.2 Å². The van der Waals surface area contributed by atoms with Crippen LogP contribution in [0.3, 0.4) is 0 Å². The second-order valence-corrected chi connectivity index (χ2v) is 6.40. The molecular formula is C21H18ClFN2O. The van der Waals surface area contributed by atoms with Crippen LogP contribution in [0.15, 0.2) is 65.8 Å². The average Bonchev–Trinajstić information content (AvgIpc) is 2.63. The van der Waals surface area contributed by atoms with Gasteiger partial charge in [-0.1, -0.05) is 47.1 Å². The fraction of sp³-hybridized carbons (Fsp3) is 0.0952. The lowest BCUT2D eigenvalue weighted by atomic mass is 9.98. The number of nitrogens with one attached hydrogen (secondary N) is 1. The molecule has 26 heavy (non-hydrogen) atoms. The summed E-state index contributed by atoms with van der Waals surface area (Å²) in [6.45, 7) is 3.65. The lowest BCUT2D eigenvalue weighted by Crippen LogP contribution is -2.06. The lowest BCUT2D eigenvalue weighted by molar-refractivity contribution is 0.319. The summed E-state index contributed by atoms with van der Waals surface area (Å²) in [5, 5.41) is 16.6. The van der Waals surface area contributed by atoms with E-state index in [9.17, 15) is 9.60 Å². The topological polar surface area (TPSA) is 44.6 Å². The molecule has 0 radical (unpaired) electrons. The highest BCUT2D eigenvalue weighted by atomic mass is 35.5. The number of benzene rings is 3. The van der Waals surface area contributed by atoms with Gasteiger partial charge in [0.2, 0.25) is 0 Å². The molecule has 0 unspecified atom stereocenters. The van der Waals surface area contributed by atoms with Crippen molar-refractivity contribution in [2.24, 2.45) is 5.16 Å². The van der Waals surface area contributed by atoms with Crippen molar-refractivity contribution in [3.8, 4) is 0 Å². The minimum Gasteiger partial charge on any atom is -0.410 e. The summed E-state index contributed by atoms with van der Waals surface area (Å²) in [5.74, 6) is -0.271. The van der Waals surface area contributed by atoms with Gasteiger partial charge >= 0.3 is 0 Å². The minimum absolute atomic E-state index is 0.271. The molecule has 0 bridgehead atoms. The molecule has 0 aliphatic rings. The maximum Gasteiger partial charge on any atom is 0.128 e. The molecule has 3 rings (SSSR count). The molecule has 3 aromatic rings. The van der Waals surface area contributed by atoms with E-state index in [4.69, 9.17) is 11.6 Å². The van der Waals surface area contributed by atoms with Crippen LogP contribution >= 0.6 is 11.6 Å². The van der Waals surface area contributed by atoms with Crippen LogP contribution in [0.25, 0.3) is 0 Å². The van der Waals surface area contributed by atoms with Crippen molar-refractivity contribution < 1.29 is 9.60 Å². The first kappa shape index (κ1) is 18.0. The van der Waals surface area contributed by atoms with Crippen molar-refractivity contribution in [2.45, 2.75) is 13.8 Å². The molecule has 0 aromatic heterocycles. The Morgan fingerprint density at radius 1 is 1.00 bits per heavy atom. The lowest BCUT2D eigenvalue weighted by Gasteiger charge is -2.13. The molecule has 0 aliphatic heterocycles. The summed E-state index contributed by atoms with van der Waals surface area (Å²) in [4.78, 5) is 0. The van der Waals surface area contributed by atoms with Crippen molar-refractivity contribution in [1.82, 2.24) is 0 Å². The molecule has 0 aliphatic carbocycles. The van der Waals surface area contributed by atoms with E-state index >= 15 is 0 Å². The molecule has 3 aromatic carbocycles. The van der Waals surface area contributed by atoms with E-state index in [1.165, 1.54) is 6.07 Å². The summed E-state index contributed by atoms with van der Waals surface area (Å²) in [6.07, 6.45) is 0. The van der Waals surface area contributed by atoms with Crippen LogP contribution in [-0.4, -0.2) is 10.9 Å². The molecule has 0 heterocycles. The van der Waals surface area contributed by atoms with Gasteiger partial charge in [0.15, 0.2) is 0 Å².